The van der Waals surface area contributed by atoms with Gasteiger partial charge in [-0.15, -0.1) is 11.3 Å². The number of rotatable bonds is 6. The van der Waals surface area contributed by atoms with Gasteiger partial charge in [0.25, 0.3) is 0 Å². The number of ketones is 1. The molecular formula is C21H16N2O3S2. The van der Waals surface area contributed by atoms with Crippen molar-refractivity contribution in [1.82, 2.24) is 9.97 Å². The summed E-state index contributed by atoms with van der Waals surface area (Å²) < 4.78 is 26.1. The highest BCUT2D eigenvalue weighted by molar-refractivity contribution is 7.91. The van der Waals surface area contributed by atoms with Crippen molar-refractivity contribution in [3.8, 4) is 0 Å². The standard InChI is InChI=1S/C21H16N2O3S2/c24-19(21-23-18-12-13-22-14-20(18)27-21)11-8-15-6-9-17(10-7-15)28(25,26)16-4-2-1-3-5-16/h1-7,9-10,12-14H,8,11H2. The van der Waals surface area contributed by atoms with Crippen LogP contribution in [0.15, 0.2) is 82.8 Å². The third-order valence-corrected chi connectivity index (χ3v) is 7.19. The van der Waals surface area contributed by atoms with Gasteiger partial charge in [-0.1, -0.05) is 30.3 Å². The zero-order valence-corrected chi connectivity index (χ0v) is 16.4. The van der Waals surface area contributed by atoms with Gasteiger partial charge in [-0.3, -0.25) is 9.78 Å². The van der Waals surface area contributed by atoms with Gasteiger partial charge in [0.05, 0.1) is 20.0 Å². The van der Waals surface area contributed by atoms with E-state index in [1.807, 2.05) is 0 Å². The lowest BCUT2D eigenvalue weighted by atomic mass is 10.1. The second kappa shape index (κ2) is 7.61. The minimum atomic E-state index is -3.53. The monoisotopic (exact) mass is 408 g/mol. The summed E-state index contributed by atoms with van der Waals surface area (Å²) in [5.41, 5.74) is 1.68. The number of sulfone groups is 1. The molecule has 0 N–H and O–H groups in total. The number of fused-ring (bicyclic) bond motifs is 1. The molecule has 0 saturated carbocycles. The molecule has 0 bridgehead atoms. The molecule has 0 aliphatic carbocycles. The fourth-order valence-corrected chi connectivity index (χ4v) is 5.02. The maximum atomic E-state index is 12.6. The van der Waals surface area contributed by atoms with E-state index in [-0.39, 0.29) is 15.6 Å². The predicted octanol–water partition coefficient (Wildman–Crippen LogP) is 4.34. The van der Waals surface area contributed by atoms with Gasteiger partial charge < -0.3 is 0 Å². The van der Waals surface area contributed by atoms with Crippen LogP contribution in [-0.4, -0.2) is 24.2 Å². The lowest BCUT2D eigenvalue weighted by Gasteiger charge is -2.06. The summed E-state index contributed by atoms with van der Waals surface area (Å²) in [6, 6.07) is 16.8. The summed E-state index contributed by atoms with van der Waals surface area (Å²) in [5.74, 6) is -0.0258. The van der Waals surface area contributed by atoms with Gasteiger partial charge in [0.2, 0.25) is 9.84 Å². The van der Waals surface area contributed by atoms with E-state index < -0.39 is 9.84 Å². The molecule has 2 aromatic heterocycles. The van der Waals surface area contributed by atoms with Gasteiger partial charge in [0, 0.05) is 18.8 Å². The first-order chi connectivity index (χ1) is 13.5. The fraction of sp³-hybridized carbons (Fsp3) is 0.0952. The first-order valence-electron chi connectivity index (χ1n) is 8.67. The molecule has 4 rings (SSSR count). The molecule has 0 unspecified atom stereocenters. The van der Waals surface area contributed by atoms with Crippen LogP contribution >= 0.6 is 11.3 Å². The minimum absolute atomic E-state index is 0.0258. The number of hydrogen-bond donors (Lipinski definition) is 0. The SMILES string of the molecule is O=C(CCc1ccc(S(=O)(=O)c2ccccc2)cc1)c1nc2ccncc2s1. The number of carbonyl (C=O) groups is 1. The molecule has 0 saturated heterocycles. The average Bonchev–Trinajstić information content (AvgIpc) is 3.17. The van der Waals surface area contributed by atoms with E-state index in [1.165, 1.54) is 11.3 Å². The van der Waals surface area contributed by atoms with Crippen LogP contribution in [0.25, 0.3) is 10.2 Å². The van der Waals surface area contributed by atoms with E-state index in [1.54, 1.807) is 73.1 Å². The summed E-state index contributed by atoms with van der Waals surface area (Å²) in [7, 11) is -3.53. The first kappa shape index (κ1) is 18.5. The molecule has 2 aromatic carbocycles. The molecule has 0 spiro atoms. The predicted molar refractivity (Wildman–Crippen MR) is 108 cm³/mol. The van der Waals surface area contributed by atoms with Crippen LogP contribution in [0.3, 0.4) is 0 Å². The Hall–Kier alpha value is -2.90. The Morgan fingerprint density at radius 1 is 0.929 bits per heavy atom. The molecule has 140 valence electrons. The van der Waals surface area contributed by atoms with E-state index in [9.17, 15) is 13.2 Å². The second-order valence-electron chi connectivity index (χ2n) is 6.25. The highest BCUT2D eigenvalue weighted by Gasteiger charge is 2.17. The summed E-state index contributed by atoms with van der Waals surface area (Å²) >= 11 is 1.34. The highest BCUT2D eigenvalue weighted by Crippen LogP contribution is 2.23. The maximum Gasteiger partial charge on any atom is 0.206 e. The van der Waals surface area contributed by atoms with Gasteiger partial charge in [-0.25, -0.2) is 13.4 Å². The molecule has 0 aliphatic heterocycles. The molecule has 0 atom stereocenters. The van der Waals surface area contributed by atoms with E-state index in [2.05, 4.69) is 9.97 Å². The molecule has 4 aromatic rings. The molecule has 0 fully saturated rings. The normalized spacial score (nSPS) is 11.6. The Labute approximate surface area is 166 Å². The third-order valence-electron chi connectivity index (χ3n) is 4.36. The van der Waals surface area contributed by atoms with Gasteiger partial charge in [-0.05, 0) is 42.3 Å². The van der Waals surface area contributed by atoms with Gasteiger partial charge in [-0.2, -0.15) is 0 Å². The number of Topliss-reactive ketones (excluding diaryl/α,β-unsaturated/α-hetero) is 1. The van der Waals surface area contributed by atoms with Crippen molar-refractivity contribution >= 4 is 37.2 Å². The lowest BCUT2D eigenvalue weighted by Crippen LogP contribution is -2.03. The lowest BCUT2D eigenvalue weighted by molar-refractivity contribution is 0.0982. The van der Waals surface area contributed by atoms with Crippen molar-refractivity contribution in [2.24, 2.45) is 0 Å². The molecule has 2 heterocycles. The zero-order valence-electron chi connectivity index (χ0n) is 14.8. The van der Waals surface area contributed by atoms with Crippen LogP contribution in [0.4, 0.5) is 0 Å². The van der Waals surface area contributed by atoms with Crippen molar-refractivity contribution in [3.05, 3.63) is 83.6 Å². The number of pyridine rings is 1. The Morgan fingerprint density at radius 2 is 1.64 bits per heavy atom. The maximum absolute atomic E-state index is 12.6. The van der Waals surface area contributed by atoms with Crippen molar-refractivity contribution in [1.29, 1.82) is 0 Å². The Kier molecular flexibility index (Phi) is 5.02. The van der Waals surface area contributed by atoms with Crippen LogP contribution < -0.4 is 0 Å². The molecule has 28 heavy (non-hydrogen) atoms. The van der Waals surface area contributed by atoms with E-state index in [4.69, 9.17) is 0 Å². The quantitative estimate of drug-likeness (QED) is 0.444. The van der Waals surface area contributed by atoms with Gasteiger partial charge in [0.15, 0.2) is 10.8 Å². The molecular weight excluding hydrogens is 392 g/mol. The van der Waals surface area contributed by atoms with Crippen LogP contribution in [-0.2, 0) is 16.3 Å². The second-order valence-corrected chi connectivity index (χ2v) is 9.23. The van der Waals surface area contributed by atoms with Crippen LogP contribution in [0.2, 0.25) is 0 Å². The van der Waals surface area contributed by atoms with E-state index >= 15 is 0 Å². The van der Waals surface area contributed by atoms with Crippen LogP contribution in [0.1, 0.15) is 21.8 Å². The molecule has 7 heteroatoms. The van der Waals surface area contributed by atoms with E-state index in [0.717, 1.165) is 15.8 Å². The topological polar surface area (TPSA) is 77.0 Å². The first-order valence-corrected chi connectivity index (χ1v) is 11.0. The molecule has 5 nitrogen and oxygen atoms in total. The Bertz CT molecular complexity index is 1200. The number of hydrogen-bond acceptors (Lipinski definition) is 6. The van der Waals surface area contributed by atoms with Crippen molar-refractivity contribution in [3.63, 3.8) is 0 Å². The summed E-state index contributed by atoms with van der Waals surface area (Å²) in [4.78, 5) is 21.3. The van der Waals surface area contributed by atoms with Crippen LogP contribution in [0, 0.1) is 0 Å². The number of aromatic nitrogens is 2. The smallest absolute Gasteiger partial charge is 0.206 e. The number of aryl methyl sites for hydroxylation is 1. The molecule has 0 radical (unpaired) electrons. The number of thiazole rings is 1. The minimum Gasteiger partial charge on any atom is -0.292 e. The van der Waals surface area contributed by atoms with Gasteiger partial charge >= 0.3 is 0 Å². The number of benzene rings is 2. The zero-order chi connectivity index (χ0) is 19.6. The van der Waals surface area contributed by atoms with Crippen molar-refractivity contribution in [2.45, 2.75) is 22.6 Å². The number of nitrogens with zero attached hydrogens (tertiary/aromatic N) is 2. The van der Waals surface area contributed by atoms with Crippen molar-refractivity contribution < 1.29 is 13.2 Å². The Morgan fingerprint density at radius 3 is 2.36 bits per heavy atom. The molecule has 0 aliphatic rings. The Balaban J connectivity index is 1.45. The van der Waals surface area contributed by atoms with Gasteiger partial charge in [0.1, 0.15) is 0 Å². The highest BCUT2D eigenvalue weighted by atomic mass is 32.2. The fourth-order valence-electron chi connectivity index (χ4n) is 2.84. The number of carbonyl (C=O) groups excluding carboxylic acids is 1. The summed E-state index contributed by atoms with van der Waals surface area (Å²) in [6.45, 7) is 0. The largest absolute Gasteiger partial charge is 0.292 e. The average molecular weight is 409 g/mol. The summed E-state index contributed by atoms with van der Waals surface area (Å²) in [6.07, 6.45) is 4.20. The van der Waals surface area contributed by atoms with Crippen LogP contribution in [0.5, 0.6) is 0 Å². The van der Waals surface area contributed by atoms with Crippen molar-refractivity contribution in [2.75, 3.05) is 0 Å². The molecule has 0 amide bonds. The van der Waals surface area contributed by atoms with E-state index in [0.29, 0.717) is 17.8 Å². The summed E-state index contributed by atoms with van der Waals surface area (Å²) in [5, 5.41) is 0.478. The third kappa shape index (κ3) is 3.72.